The van der Waals surface area contributed by atoms with Crippen molar-refractivity contribution in [2.24, 2.45) is 5.92 Å². The van der Waals surface area contributed by atoms with Crippen LogP contribution in [0.25, 0.3) is 0 Å². The summed E-state index contributed by atoms with van der Waals surface area (Å²) in [5.74, 6) is 0.794. The van der Waals surface area contributed by atoms with Crippen LogP contribution in [0, 0.1) is 19.8 Å². The molecule has 0 bridgehead atoms. The molecule has 1 saturated carbocycles. The smallest absolute Gasteiger partial charge is 0.228 e. The molecule has 0 spiro atoms. The van der Waals surface area contributed by atoms with Gasteiger partial charge in [0, 0.05) is 11.1 Å². The molecule has 1 amide bonds. The maximum Gasteiger partial charge on any atom is 0.228 e. The van der Waals surface area contributed by atoms with Crippen LogP contribution in [0.2, 0.25) is 0 Å². The van der Waals surface area contributed by atoms with Gasteiger partial charge in [0.1, 0.15) is 5.75 Å². The Labute approximate surface area is 172 Å². The quantitative estimate of drug-likeness (QED) is 0.596. The number of ether oxygens (including phenoxy) is 1. The molecular weight excluding hydrogens is 358 g/mol. The highest BCUT2D eigenvalue weighted by atomic mass is 16.5. The van der Waals surface area contributed by atoms with Crippen molar-refractivity contribution >= 4 is 11.6 Å². The lowest BCUT2D eigenvalue weighted by Crippen LogP contribution is -2.23. The lowest BCUT2D eigenvalue weighted by atomic mass is 9.81. The Morgan fingerprint density at radius 3 is 2.00 bits per heavy atom. The number of hydrogen-bond acceptors (Lipinski definition) is 2. The third-order valence-electron chi connectivity index (χ3n) is 5.96. The highest BCUT2D eigenvalue weighted by Crippen LogP contribution is 2.60. The highest BCUT2D eigenvalue weighted by molar-refractivity contribution is 5.97. The Morgan fingerprint density at radius 2 is 1.48 bits per heavy atom. The predicted molar refractivity (Wildman–Crippen MR) is 117 cm³/mol. The molecule has 1 fully saturated rings. The normalized spacial score (nSPS) is 16.9. The predicted octanol–water partition coefficient (Wildman–Crippen LogP) is 5.65. The van der Waals surface area contributed by atoms with Crippen molar-refractivity contribution in [1.29, 1.82) is 0 Å². The molecule has 3 aromatic carbocycles. The summed E-state index contributed by atoms with van der Waals surface area (Å²) in [5, 5.41) is 3.11. The zero-order valence-corrected chi connectivity index (χ0v) is 17.2. The summed E-state index contributed by atoms with van der Waals surface area (Å²) in [6.45, 7) is 6.85. The van der Waals surface area contributed by atoms with Gasteiger partial charge in [-0.15, -0.1) is 0 Å². The molecule has 1 atom stereocenters. The summed E-state index contributed by atoms with van der Waals surface area (Å²) in [5.41, 5.74) is 5.50. The third kappa shape index (κ3) is 3.53. The lowest BCUT2D eigenvalue weighted by Gasteiger charge is -2.23. The summed E-state index contributed by atoms with van der Waals surface area (Å²) in [6, 6.07) is 24.4. The Bertz CT molecular complexity index is 977. The number of carbonyl (C=O) groups excluding carboxylic acids is 1. The summed E-state index contributed by atoms with van der Waals surface area (Å²) in [4.78, 5) is 13.2. The van der Waals surface area contributed by atoms with Gasteiger partial charge in [-0.25, -0.2) is 0 Å². The molecule has 4 rings (SSSR count). The van der Waals surface area contributed by atoms with Crippen LogP contribution in [-0.2, 0) is 10.2 Å². The van der Waals surface area contributed by atoms with Crippen LogP contribution < -0.4 is 10.1 Å². The first kappa shape index (κ1) is 19.3. The second-order valence-corrected chi connectivity index (χ2v) is 7.80. The van der Waals surface area contributed by atoms with Crippen LogP contribution >= 0.6 is 0 Å². The summed E-state index contributed by atoms with van der Waals surface area (Å²) in [6.07, 6.45) is 0.825. The van der Waals surface area contributed by atoms with Gasteiger partial charge in [-0.1, -0.05) is 48.5 Å². The van der Waals surface area contributed by atoms with Gasteiger partial charge in [-0.3, -0.25) is 4.79 Å². The molecule has 0 unspecified atom stereocenters. The Balaban J connectivity index is 1.64. The van der Waals surface area contributed by atoms with Crippen LogP contribution in [0.3, 0.4) is 0 Å². The number of carbonyl (C=O) groups is 1. The first-order chi connectivity index (χ1) is 14.1. The largest absolute Gasteiger partial charge is 0.494 e. The van der Waals surface area contributed by atoms with Crippen molar-refractivity contribution in [3.63, 3.8) is 0 Å². The van der Waals surface area contributed by atoms with E-state index in [9.17, 15) is 4.79 Å². The fourth-order valence-corrected chi connectivity index (χ4v) is 4.50. The fraction of sp³-hybridized carbons (Fsp3) is 0.269. The molecule has 0 saturated heterocycles. The number of nitrogens with one attached hydrogen (secondary N) is 1. The van der Waals surface area contributed by atoms with E-state index in [2.05, 4.69) is 67.7 Å². The SMILES string of the molecule is CCOc1ccc(NC(=O)[C@@H]2CC2(c2ccccc2C)c2ccccc2C)cc1. The van der Waals surface area contributed by atoms with Crippen molar-refractivity contribution in [2.75, 3.05) is 11.9 Å². The second-order valence-electron chi connectivity index (χ2n) is 7.80. The van der Waals surface area contributed by atoms with E-state index in [0.29, 0.717) is 6.61 Å². The highest BCUT2D eigenvalue weighted by Gasteiger charge is 2.61. The molecule has 3 aromatic rings. The average Bonchev–Trinajstić information content (AvgIpc) is 3.47. The van der Waals surface area contributed by atoms with Gasteiger partial charge in [0.2, 0.25) is 5.91 Å². The van der Waals surface area contributed by atoms with Gasteiger partial charge >= 0.3 is 0 Å². The Kier molecular flexibility index (Phi) is 5.14. The number of amides is 1. The van der Waals surface area contributed by atoms with E-state index >= 15 is 0 Å². The summed E-state index contributed by atoms with van der Waals surface area (Å²) < 4.78 is 5.49. The van der Waals surface area contributed by atoms with Gasteiger partial charge in [-0.05, 0) is 73.7 Å². The van der Waals surface area contributed by atoms with E-state index in [1.54, 1.807) is 0 Å². The molecular formula is C26H27NO2. The van der Waals surface area contributed by atoms with E-state index in [0.717, 1.165) is 17.9 Å². The molecule has 3 heteroatoms. The van der Waals surface area contributed by atoms with E-state index < -0.39 is 0 Å². The van der Waals surface area contributed by atoms with E-state index in [4.69, 9.17) is 4.74 Å². The van der Waals surface area contributed by atoms with Gasteiger partial charge in [-0.2, -0.15) is 0 Å². The number of rotatable bonds is 6. The lowest BCUT2D eigenvalue weighted by molar-refractivity contribution is -0.117. The Morgan fingerprint density at radius 1 is 0.931 bits per heavy atom. The van der Waals surface area contributed by atoms with Crippen LogP contribution in [0.4, 0.5) is 5.69 Å². The zero-order valence-electron chi connectivity index (χ0n) is 17.2. The molecule has 1 aliphatic carbocycles. The first-order valence-electron chi connectivity index (χ1n) is 10.2. The fourth-order valence-electron chi connectivity index (χ4n) is 4.50. The van der Waals surface area contributed by atoms with Gasteiger partial charge in [0.05, 0.1) is 12.5 Å². The molecule has 29 heavy (non-hydrogen) atoms. The number of aryl methyl sites for hydroxylation is 2. The molecule has 0 radical (unpaired) electrons. The average molecular weight is 386 g/mol. The van der Waals surface area contributed by atoms with Gasteiger partial charge < -0.3 is 10.1 Å². The number of anilines is 1. The van der Waals surface area contributed by atoms with Crippen molar-refractivity contribution in [3.8, 4) is 5.75 Å². The van der Waals surface area contributed by atoms with Crippen molar-refractivity contribution in [3.05, 3.63) is 95.1 Å². The molecule has 0 heterocycles. The summed E-state index contributed by atoms with van der Waals surface area (Å²) >= 11 is 0. The number of hydrogen-bond donors (Lipinski definition) is 1. The van der Waals surface area contributed by atoms with E-state index in [1.807, 2.05) is 31.2 Å². The minimum absolute atomic E-state index is 0.0701. The van der Waals surface area contributed by atoms with Crippen LogP contribution in [0.1, 0.15) is 35.6 Å². The minimum atomic E-state index is -0.258. The van der Waals surface area contributed by atoms with E-state index in [1.165, 1.54) is 22.3 Å². The van der Waals surface area contributed by atoms with Crippen LogP contribution in [0.15, 0.2) is 72.8 Å². The van der Waals surface area contributed by atoms with Crippen molar-refractivity contribution in [2.45, 2.75) is 32.6 Å². The standard InChI is InChI=1S/C26H27NO2/c1-4-29-21-15-13-20(14-16-21)27-25(28)24-17-26(24,22-11-7-5-9-18(22)2)23-12-8-6-10-19(23)3/h5-16,24H,4,17H2,1-3H3,(H,27,28)/t24-/m0/s1. The molecule has 0 aliphatic heterocycles. The monoisotopic (exact) mass is 385 g/mol. The van der Waals surface area contributed by atoms with E-state index in [-0.39, 0.29) is 17.2 Å². The van der Waals surface area contributed by atoms with Gasteiger partial charge in [0.15, 0.2) is 0 Å². The molecule has 148 valence electrons. The Hall–Kier alpha value is -3.07. The zero-order chi connectivity index (χ0) is 20.4. The molecule has 3 nitrogen and oxygen atoms in total. The maximum atomic E-state index is 13.2. The first-order valence-corrected chi connectivity index (χ1v) is 10.2. The van der Waals surface area contributed by atoms with Crippen molar-refractivity contribution in [1.82, 2.24) is 0 Å². The number of benzene rings is 3. The summed E-state index contributed by atoms with van der Waals surface area (Å²) in [7, 11) is 0. The van der Waals surface area contributed by atoms with Crippen LogP contribution in [0.5, 0.6) is 5.75 Å². The maximum absolute atomic E-state index is 13.2. The van der Waals surface area contributed by atoms with Crippen LogP contribution in [-0.4, -0.2) is 12.5 Å². The molecule has 1 aliphatic rings. The molecule has 0 aromatic heterocycles. The second kappa shape index (κ2) is 7.75. The minimum Gasteiger partial charge on any atom is -0.494 e. The third-order valence-corrected chi connectivity index (χ3v) is 5.96. The van der Waals surface area contributed by atoms with Crippen molar-refractivity contribution < 1.29 is 9.53 Å². The van der Waals surface area contributed by atoms with Gasteiger partial charge in [0.25, 0.3) is 0 Å². The molecule has 1 N–H and O–H groups in total. The topological polar surface area (TPSA) is 38.3 Å².